The molecule has 2 aromatic carbocycles. The molecule has 0 aliphatic rings. The van der Waals surface area contributed by atoms with E-state index in [1.807, 2.05) is 79.7 Å². The number of hydrogen-bond donors (Lipinski definition) is 0. The Labute approximate surface area is 168 Å². The summed E-state index contributed by atoms with van der Waals surface area (Å²) < 4.78 is 7.11. The quantitative estimate of drug-likeness (QED) is 0.490. The SMILES string of the molecule is Cc1cccc2nc(COC(=O)C(c3ccccc3)c3ccccc3)cc(=O)n12. The molecule has 29 heavy (non-hydrogen) atoms. The van der Waals surface area contributed by atoms with Gasteiger partial charge in [0.15, 0.2) is 0 Å². The first-order valence-corrected chi connectivity index (χ1v) is 9.38. The van der Waals surface area contributed by atoms with Crippen LogP contribution in [0.1, 0.15) is 28.4 Å². The fraction of sp³-hybridized carbons (Fsp3) is 0.125. The molecule has 0 fully saturated rings. The monoisotopic (exact) mass is 384 g/mol. The third kappa shape index (κ3) is 3.94. The minimum Gasteiger partial charge on any atom is -0.458 e. The van der Waals surface area contributed by atoms with Crippen LogP contribution in [0.2, 0.25) is 0 Å². The number of esters is 1. The minimum atomic E-state index is -0.541. The molecule has 4 rings (SSSR count). The average Bonchev–Trinajstić information content (AvgIpc) is 2.74. The van der Waals surface area contributed by atoms with Gasteiger partial charge in [0.25, 0.3) is 5.56 Å². The lowest BCUT2D eigenvalue weighted by molar-refractivity contribution is -0.145. The van der Waals surface area contributed by atoms with Gasteiger partial charge in [0, 0.05) is 11.8 Å². The van der Waals surface area contributed by atoms with Crippen LogP contribution < -0.4 is 5.56 Å². The molecule has 0 atom stereocenters. The van der Waals surface area contributed by atoms with E-state index in [4.69, 9.17) is 4.74 Å². The van der Waals surface area contributed by atoms with E-state index < -0.39 is 5.92 Å². The van der Waals surface area contributed by atoms with Gasteiger partial charge in [0.2, 0.25) is 0 Å². The van der Waals surface area contributed by atoms with Crippen molar-refractivity contribution in [2.24, 2.45) is 0 Å². The van der Waals surface area contributed by atoms with E-state index in [0.717, 1.165) is 16.8 Å². The summed E-state index contributed by atoms with van der Waals surface area (Å²) in [6.45, 7) is 1.79. The normalized spacial score (nSPS) is 11.0. The van der Waals surface area contributed by atoms with Gasteiger partial charge in [-0.2, -0.15) is 0 Å². The second-order valence-corrected chi connectivity index (χ2v) is 6.81. The van der Waals surface area contributed by atoms with Crippen LogP contribution in [0.5, 0.6) is 0 Å². The summed E-state index contributed by atoms with van der Waals surface area (Å²) in [7, 11) is 0. The third-order valence-electron chi connectivity index (χ3n) is 4.80. The number of pyridine rings is 1. The Morgan fingerprint density at radius 1 is 0.931 bits per heavy atom. The number of aromatic nitrogens is 2. The zero-order valence-corrected chi connectivity index (χ0v) is 16.0. The Morgan fingerprint density at radius 3 is 2.17 bits per heavy atom. The molecule has 2 heterocycles. The summed E-state index contributed by atoms with van der Waals surface area (Å²) in [6, 6.07) is 25.9. The topological polar surface area (TPSA) is 60.7 Å². The number of carbonyl (C=O) groups excluding carboxylic acids is 1. The molecule has 0 aliphatic carbocycles. The predicted molar refractivity (Wildman–Crippen MR) is 111 cm³/mol. The molecule has 0 radical (unpaired) electrons. The van der Waals surface area contributed by atoms with E-state index >= 15 is 0 Å². The zero-order valence-electron chi connectivity index (χ0n) is 16.0. The number of carbonyl (C=O) groups is 1. The van der Waals surface area contributed by atoms with E-state index in [9.17, 15) is 9.59 Å². The molecule has 0 N–H and O–H groups in total. The molecular weight excluding hydrogens is 364 g/mol. The molecule has 144 valence electrons. The van der Waals surface area contributed by atoms with Gasteiger partial charge in [-0.05, 0) is 30.2 Å². The number of nitrogens with zero attached hydrogens (tertiary/aromatic N) is 2. The van der Waals surface area contributed by atoms with E-state index in [0.29, 0.717) is 11.3 Å². The molecular formula is C24H20N2O3. The van der Waals surface area contributed by atoms with Crippen LogP contribution in [0.15, 0.2) is 89.7 Å². The van der Waals surface area contributed by atoms with Crippen LogP contribution in [-0.2, 0) is 16.1 Å². The summed E-state index contributed by atoms with van der Waals surface area (Å²) in [4.78, 5) is 29.9. The second kappa shape index (κ2) is 8.10. The van der Waals surface area contributed by atoms with Crippen LogP contribution in [0.4, 0.5) is 0 Å². The molecule has 5 nitrogen and oxygen atoms in total. The molecule has 4 aromatic rings. The Bertz CT molecular complexity index is 1160. The maximum Gasteiger partial charge on any atom is 0.318 e. The predicted octanol–water partition coefficient (Wildman–Crippen LogP) is 3.88. The summed E-state index contributed by atoms with van der Waals surface area (Å²) in [5, 5.41) is 0. The number of rotatable bonds is 5. The van der Waals surface area contributed by atoms with Crippen LogP contribution >= 0.6 is 0 Å². The average molecular weight is 384 g/mol. The number of aryl methyl sites for hydroxylation is 1. The van der Waals surface area contributed by atoms with Gasteiger partial charge in [-0.3, -0.25) is 14.0 Å². The maximum absolute atomic E-state index is 13.0. The van der Waals surface area contributed by atoms with Crippen LogP contribution in [-0.4, -0.2) is 15.4 Å². The highest BCUT2D eigenvalue weighted by molar-refractivity contribution is 5.82. The zero-order chi connectivity index (χ0) is 20.2. The molecule has 2 aromatic heterocycles. The number of fused-ring (bicyclic) bond motifs is 1. The third-order valence-corrected chi connectivity index (χ3v) is 4.80. The molecule has 0 aliphatic heterocycles. The molecule has 0 spiro atoms. The summed E-state index contributed by atoms with van der Waals surface area (Å²) in [6.07, 6.45) is 0. The van der Waals surface area contributed by atoms with Crippen LogP contribution in [0, 0.1) is 6.92 Å². The van der Waals surface area contributed by atoms with Gasteiger partial charge in [0.05, 0.1) is 5.69 Å². The highest BCUT2D eigenvalue weighted by Crippen LogP contribution is 2.26. The second-order valence-electron chi connectivity index (χ2n) is 6.81. The number of hydrogen-bond acceptors (Lipinski definition) is 4. The lowest BCUT2D eigenvalue weighted by Gasteiger charge is -2.17. The summed E-state index contributed by atoms with van der Waals surface area (Å²) in [5.41, 5.74) is 3.27. The smallest absolute Gasteiger partial charge is 0.318 e. The molecule has 0 amide bonds. The van der Waals surface area contributed by atoms with Gasteiger partial charge in [0.1, 0.15) is 18.2 Å². The Morgan fingerprint density at radius 2 is 1.55 bits per heavy atom. The molecule has 0 saturated carbocycles. The maximum atomic E-state index is 13.0. The lowest BCUT2D eigenvalue weighted by atomic mass is 9.91. The van der Waals surface area contributed by atoms with Crippen molar-refractivity contribution >= 4 is 11.6 Å². The standard InChI is InChI=1S/C24H20N2O3/c1-17-9-8-14-21-25-20(15-22(27)26(17)21)16-29-24(28)23(18-10-4-2-5-11-18)19-12-6-3-7-13-19/h2-15,23H,16H2,1H3. The fourth-order valence-electron chi connectivity index (χ4n) is 3.42. The van der Waals surface area contributed by atoms with E-state index in [1.165, 1.54) is 10.5 Å². The molecule has 0 saturated heterocycles. The number of benzene rings is 2. The molecule has 5 heteroatoms. The van der Waals surface area contributed by atoms with Crippen molar-refractivity contribution in [2.75, 3.05) is 0 Å². The van der Waals surface area contributed by atoms with E-state index in [2.05, 4.69) is 4.98 Å². The Kier molecular flexibility index (Phi) is 5.20. The summed E-state index contributed by atoms with van der Waals surface area (Å²) >= 11 is 0. The van der Waals surface area contributed by atoms with Crippen molar-refractivity contribution in [3.05, 3.63) is 118 Å². The van der Waals surface area contributed by atoms with E-state index in [1.54, 1.807) is 6.07 Å². The van der Waals surface area contributed by atoms with Gasteiger partial charge in [-0.15, -0.1) is 0 Å². The van der Waals surface area contributed by atoms with E-state index in [-0.39, 0.29) is 18.1 Å². The van der Waals surface area contributed by atoms with Crippen molar-refractivity contribution in [1.29, 1.82) is 0 Å². The van der Waals surface area contributed by atoms with Crippen molar-refractivity contribution in [3.8, 4) is 0 Å². The molecule has 0 bridgehead atoms. The highest BCUT2D eigenvalue weighted by atomic mass is 16.5. The van der Waals surface area contributed by atoms with Crippen LogP contribution in [0.3, 0.4) is 0 Å². The van der Waals surface area contributed by atoms with Gasteiger partial charge in [-0.25, -0.2) is 4.98 Å². The van der Waals surface area contributed by atoms with Crippen molar-refractivity contribution < 1.29 is 9.53 Å². The van der Waals surface area contributed by atoms with Gasteiger partial charge < -0.3 is 4.74 Å². The largest absolute Gasteiger partial charge is 0.458 e. The van der Waals surface area contributed by atoms with Gasteiger partial charge in [-0.1, -0.05) is 66.7 Å². The first kappa shape index (κ1) is 18.6. The van der Waals surface area contributed by atoms with Crippen LogP contribution in [0.25, 0.3) is 5.65 Å². The lowest BCUT2D eigenvalue weighted by Crippen LogP contribution is -2.20. The van der Waals surface area contributed by atoms with Crippen molar-refractivity contribution in [1.82, 2.24) is 9.38 Å². The fourth-order valence-corrected chi connectivity index (χ4v) is 3.42. The summed E-state index contributed by atoms with van der Waals surface area (Å²) in [5.74, 6) is -0.921. The highest BCUT2D eigenvalue weighted by Gasteiger charge is 2.24. The Balaban J connectivity index is 1.61. The van der Waals surface area contributed by atoms with Crippen molar-refractivity contribution in [3.63, 3.8) is 0 Å². The number of ether oxygens (including phenoxy) is 1. The van der Waals surface area contributed by atoms with Gasteiger partial charge >= 0.3 is 5.97 Å². The molecule has 0 unspecified atom stereocenters. The first-order valence-electron chi connectivity index (χ1n) is 9.38. The first-order chi connectivity index (χ1) is 14.1. The minimum absolute atomic E-state index is 0.0608. The Hall–Kier alpha value is -3.73. The van der Waals surface area contributed by atoms with Crippen molar-refractivity contribution in [2.45, 2.75) is 19.4 Å².